The largest absolute Gasteiger partial charge is 0.508 e. The number of phenolic OH excluding ortho intramolecular Hbond substituents is 1. The Labute approximate surface area is 153 Å². The molecule has 2 rings (SSSR count). The van der Waals surface area contributed by atoms with E-state index in [1.165, 1.54) is 16.7 Å². The Morgan fingerprint density at radius 1 is 0.880 bits per heavy atom. The fraction of sp³-hybridized carbons (Fsp3) is 0.478. The number of benzene rings is 2. The van der Waals surface area contributed by atoms with E-state index in [1.54, 1.807) is 0 Å². The molecule has 1 atom stereocenters. The molecule has 2 aromatic rings. The van der Waals surface area contributed by atoms with E-state index in [4.69, 9.17) is 0 Å². The normalized spacial score (nSPS) is 13.0. The number of nitrogens with zero attached hydrogens (tertiary/aromatic N) is 1. The van der Waals surface area contributed by atoms with Crippen molar-refractivity contribution in [2.45, 2.75) is 66.0 Å². The molecule has 0 radical (unpaired) electrons. The van der Waals surface area contributed by atoms with Crippen LogP contribution in [-0.4, -0.2) is 28.6 Å². The lowest BCUT2D eigenvalue weighted by Gasteiger charge is -2.32. The molecule has 136 valence electrons. The molecule has 0 amide bonds. The number of hydrogen-bond donors (Lipinski definition) is 1. The van der Waals surface area contributed by atoms with E-state index in [9.17, 15) is 5.11 Å². The average molecular weight is 340 g/mol. The maximum atomic E-state index is 10.5. The first-order chi connectivity index (χ1) is 11.8. The Bertz CT molecular complexity index is 682. The first-order valence-electron chi connectivity index (χ1n) is 9.41. The standard InChI is InChI=1S/C23H33NO/c1-16(2)24(17(3)4)13-12-21(20-9-7-8-18(5)14-20)22-15-19(6)10-11-23(22)25/h7-11,14-17,21,25H,12-13H2,1-6H3/t21-/m1/s1. The molecule has 0 spiro atoms. The molecule has 0 aliphatic heterocycles. The second-order valence-electron chi connectivity index (χ2n) is 7.74. The number of hydrogen-bond acceptors (Lipinski definition) is 2. The van der Waals surface area contributed by atoms with Gasteiger partial charge in [0.2, 0.25) is 0 Å². The van der Waals surface area contributed by atoms with Gasteiger partial charge in [0.25, 0.3) is 0 Å². The number of rotatable bonds is 7. The van der Waals surface area contributed by atoms with Gasteiger partial charge in [0.15, 0.2) is 0 Å². The summed E-state index contributed by atoms with van der Waals surface area (Å²) in [5.74, 6) is 0.609. The van der Waals surface area contributed by atoms with Crippen LogP contribution in [0.15, 0.2) is 42.5 Å². The highest BCUT2D eigenvalue weighted by Crippen LogP contribution is 2.35. The fourth-order valence-corrected chi connectivity index (χ4v) is 3.73. The third kappa shape index (κ3) is 5.09. The van der Waals surface area contributed by atoms with Crippen molar-refractivity contribution < 1.29 is 5.11 Å². The lowest BCUT2D eigenvalue weighted by Crippen LogP contribution is -2.38. The Hall–Kier alpha value is -1.80. The first-order valence-corrected chi connectivity index (χ1v) is 9.41. The summed E-state index contributed by atoms with van der Waals surface area (Å²) in [5.41, 5.74) is 4.78. The Morgan fingerprint density at radius 2 is 1.52 bits per heavy atom. The highest BCUT2D eigenvalue weighted by molar-refractivity contribution is 5.44. The minimum atomic E-state index is 0.208. The van der Waals surface area contributed by atoms with Crippen LogP contribution in [0.25, 0.3) is 0 Å². The molecule has 2 aromatic carbocycles. The van der Waals surface area contributed by atoms with Crippen LogP contribution in [0.3, 0.4) is 0 Å². The number of aromatic hydroxyl groups is 1. The molecule has 0 unspecified atom stereocenters. The van der Waals surface area contributed by atoms with Gasteiger partial charge in [-0.2, -0.15) is 0 Å². The topological polar surface area (TPSA) is 23.5 Å². The maximum Gasteiger partial charge on any atom is 0.119 e. The fourth-order valence-electron chi connectivity index (χ4n) is 3.73. The summed E-state index contributed by atoms with van der Waals surface area (Å²) in [6, 6.07) is 15.7. The molecule has 0 heterocycles. The van der Waals surface area contributed by atoms with Crippen molar-refractivity contribution in [2.75, 3.05) is 6.54 Å². The van der Waals surface area contributed by atoms with Crippen LogP contribution in [0, 0.1) is 13.8 Å². The Balaban J connectivity index is 2.37. The van der Waals surface area contributed by atoms with Gasteiger partial charge in [-0.05, 0) is 66.1 Å². The van der Waals surface area contributed by atoms with E-state index in [-0.39, 0.29) is 5.92 Å². The molecule has 0 bridgehead atoms. The predicted octanol–water partition coefficient (Wildman–Crippen LogP) is 5.65. The van der Waals surface area contributed by atoms with Crippen molar-refractivity contribution >= 4 is 0 Å². The zero-order chi connectivity index (χ0) is 18.6. The van der Waals surface area contributed by atoms with Crippen molar-refractivity contribution in [1.82, 2.24) is 4.90 Å². The molecule has 25 heavy (non-hydrogen) atoms. The van der Waals surface area contributed by atoms with Crippen LogP contribution >= 0.6 is 0 Å². The molecular formula is C23H33NO. The van der Waals surface area contributed by atoms with E-state index >= 15 is 0 Å². The summed E-state index contributed by atoms with van der Waals surface area (Å²) in [5, 5.41) is 10.5. The molecule has 0 saturated heterocycles. The summed E-state index contributed by atoms with van der Waals surface area (Å²) in [6.07, 6.45) is 0.997. The first kappa shape index (κ1) is 19.5. The van der Waals surface area contributed by atoms with Crippen LogP contribution in [0.5, 0.6) is 5.75 Å². The summed E-state index contributed by atoms with van der Waals surface area (Å²) < 4.78 is 0. The molecule has 0 aliphatic carbocycles. The second kappa shape index (κ2) is 8.53. The van der Waals surface area contributed by atoms with E-state index < -0.39 is 0 Å². The zero-order valence-electron chi connectivity index (χ0n) is 16.6. The Morgan fingerprint density at radius 3 is 2.12 bits per heavy atom. The molecule has 0 aromatic heterocycles. The van der Waals surface area contributed by atoms with E-state index in [1.807, 2.05) is 12.1 Å². The minimum Gasteiger partial charge on any atom is -0.508 e. The lowest BCUT2D eigenvalue weighted by molar-refractivity contribution is 0.170. The van der Waals surface area contributed by atoms with Gasteiger partial charge in [0.1, 0.15) is 5.75 Å². The van der Waals surface area contributed by atoms with E-state index in [2.05, 4.69) is 76.8 Å². The second-order valence-corrected chi connectivity index (χ2v) is 7.74. The zero-order valence-corrected chi connectivity index (χ0v) is 16.6. The predicted molar refractivity (Wildman–Crippen MR) is 107 cm³/mol. The quantitative estimate of drug-likeness (QED) is 0.704. The van der Waals surface area contributed by atoms with Gasteiger partial charge in [-0.1, -0.05) is 47.5 Å². The highest BCUT2D eigenvalue weighted by Gasteiger charge is 2.21. The third-order valence-electron chi connectivity index (χ3n) is 5.01. The maximum absolute atomic E-state index is 10.5. The van der Waals surface area contributed by atoms with Gasteiger partial charge < -0.3 is 5.11 Å². The summed E-state index contributed by atoms with van der Waals surface area (Å²) in [6.45, 7) is 14.3. The van der Waals surface area contributed by atoms with Gasteiger partial charge in [-0.25, -0.2) is 0 Å². The molecule has 0 saturated carbocycles. The van der Waals surface area contributed by atoms with Gasteiger partial charge in [-0.3, -0.25) is 4.90 Å². The smallest absolute Gasteiger partial charge is 0.119 e. The van der Waals surface area contributed by atoms with Crippen LogP contribution in [0.4, 0.5) is 0 Å². The monoisotopic (exact) mass is 339 g/mol. The van der Waals surface area contributed by atoms with Crippen molar-refractivity contribution in [1.29, 1.82) is 0 Å². The summed E-state index contributed by atoms with van der Waals surface area (Å²) in [4.78, 5) is 2.52. The Kier molecular flexibility index (Phi) is 6.66. The SMILES string of the molecule is Cc1cccc([C@@H](CCN(C(C)C)C(C)C)c2cc(C)ccc2O)c1. The third-order valence-corrected chi connectivity index (χ3v) is 5.01. The summed E-state index contributed by atoms with van der Waals surface area (Å²) >= 11 is 0. The lowest BCUT2D eigenvalue weighted by atomic mass is 9.86. The molecular weight excluding hydrogens is 306 g/mol. The van der Waals surface area contributed by atoms with Gasteiger partial charge >= 0.3 is 0 Å². The number of aryl methyl sites for hydroxylation is 2. The van der Waals surface area contributed by atoms with Crippen LogP contribution in [0.1, 0.15) is 62.3 Å². The van der Waals surface area contributed by atoms with Crippen molar-refractivity contribution in [2.24, 2.45) is 0 Å². The molecule has 1 N–H and O–H groups in total. The van der Waals surface area contributed by atoms with Gasteiger partial charge in [0, 0.05) is 23.6 Å². The van der Waals surface area contributed by atoms with Crippen molar-refractivity contribution in [3.05, 3.63) is 64.7 Å². The van der Waals surface area contributed by atoms with Gasteiger partial charge in [-0.15, -0.1) is 0 Å². The van der Waals surface area contributed by atoms with E-state index in [0.29, 0.717) is 17.8 Å². The molecule has 0 aliphatic rings. The van der Waals surface area contributed by atoms with Crippen molar-refractivity contribution in [3.63, 3.8) is 0 Å². The summed E-state index contributed by atoms with van der Waals surface area (Å²) in [7, 11) is 0. The van der Waals surface area contributed by atoms with Crippen LogP contribution < -0.4 is 0 Å². The van der Waals surface area contributed by atoms with Crippen LogP contribution in [0.2, 0.25) is 0 Å². The van der Waals surface area contributed by atoms with Crippen LogP contribution in [-0.2, 0) is 0 Å². The molecule has 2 nitrogen and oxygen atoms in total. The van der Waals surface area contributed by atoms with Crippen molar-refractivity contribution in [3.8, 4) is 5.75 Å². The molecule has 2 heteroatoms. The van der Waals surface area contributed by atoms with Gasteiger partial charge in [0.05, 0.1) is 0 Å². The number of phenols is 1. The molecule has 0 fully saturated rings. The highest BCUT2D eigenvalue weighted by atomic mass is 16.3. The minimum absolute atomic E-state index is 0.208. The average Bonchev–Trinajstić information content (AvgIpc) is 2.53. The van der Waals surface area contributed by atoms with E-state index in [0.717, 1.165) is 18.5 Å².